The number of benzene rings is 2. The number of carbonyl (C=O) groups is 4. The molecule has 8 nitrogen and oxygen atoms in total. The lowest BCUT2D eigenvalue weighted by atomic mass is 10.1. The summed E-state index contributed by atoms with van der Waals surface area (Å²) in [5.41, 5.74) is 6.24. The van der Waals surface area contributed by atoms with Gasteiger partial charge in [-0.2, -0.15) is 0 Å². The zero-order valence-corrected chi connectivity index (χ0v) is 18.8. The first-order valence-electron chi connectivity index (χ1n) is 9.32. The maximum absolute atomic E-state index is 12.3. The predicted molar refractivity (Wildman–Crippen MR) is 117 cm³/mol. The van der Waals surface area contributed by atoms with Gasteiger partial charge < -0.3 is 9.64 Å². The third-order valence-electron chi connectivity index (χ3n) is 4.69. The molecule has 10 heteroatoms. The van der Waals surface area contributed by atoms with E-state index in [-0.39, 0.29) is 18.9 Å². The second kappa shape index (κ2) is 9.93. The van der Waals surface area contributed by atoms with Crippen LogP contribution in [0.4, 0.5) is 5.69 Å². The summed E-state index contributed by atoms with van der Waals surface area (Å²) in [6, 6.07) is 11.8. The smallest absolute Gasteiger partial charge is 0.311 e. The summed E-state index contributed by atoms with van der Waals surface area (Å²) >= 11 is 9.38. The number of hydrazine groups is 1. The molecule has 2 aromatic rings. The third kappa shape index (κ3) is 5.83. The van der Waals surface area contributed by atoms with Crippen molar-refractivity contribution in [1.29, 1.82) is 0 Å². The van der Waals surface area contributed by atoms with Crippen LogP contribution in [-0.2, 0) is 19.1 Å². The molecular weight excluding hydrogens is 490 g/mol. The van der Waals surface area contributed by atoms with E-state index in [2.05, 4.69) is 26.8 Å². The van der Waals surface area contributed by atoms with E-state index in [9.17, 15) is 19.2 Å². The number of anilines is 1. The fourth-order valence-electron chi connectivity index (χ4n) is 2.96. The number of nitrogens with one attached hydrogen (secondary N) is 2. The molecule has 0 saturated carbocycles. The first kappa shape index (κ1) is 22.8. The topological polar surface area (TPSA) is 105 Å². The summed E-state index contributed by atoms with van der Waals surface area (Å²) in [6.45, 7) is 1.41. The highest BCUT2D eigenvalue weighted by atomic mass is 79.9. The molecule has 1 aliphatic rings. The Hall–Kier alpha value is -2.91. The summed E-state index contributed by atoms with van der Waals surface area (Å²) in [6.07, 6.45) is -0.0216. The van der Waals surface area contributed by atoms with E-state index in [1.807, 2.05) is 6.92 Å². The molecule has 0 aromatic heterocycles. The number of rotatable bonds is 5. The molecule has 1 aliphatic heterocycles. The van der Waals surface area contributed by atoms with Gasteiger partial charge in [-0.3, -0.25) is 30.0 Å². The Bertz CT molecular complexity index is 1030. The van der Waals surface area contributed by atoms with Crippen LogP contribution in [0, 0.1) is 12.8 Å². The maximum Gasteiger partial charge on any atom is 0.311 e. The van der Waals surface area contributed by atoms with Gasteiger partial charge in [-0.15, -0.1) is 0 Å². The Morgan fingerprint density at radius 1 is 1.16 bits per heavy atom. The van der Waals surface area contributed by atoms with Gasteiger partial charge in [-0.1, -0.05) is 33.6 Å². The van der Waals surface area contributed by atoms with Crippen molar-refractivity contribution in [2.45, 2.75) is 13.3 Å². The van der Waals surface area contributed by atoms with Crippen LogP contribution in [0.15, 0.2) is 46.9 Å². The van der Waals surface area contributed by atoms with E-state index in [1.54, 1.807) is 42.5 Å². The lowest BCUT2D eigenvalue weighted by molar-refractivity contribution is -0.152. The molecule has 0 unspecified atom stereocenters. The standard InChI is InChI=1S/C21H19BrClN3O5/c1-12-2-7-16(9-17(12)23)26-10-14(8-19(26)28)21(30)31-11-18(27)24-25-20(29)13-3-5-15(22)6-4-13/h2-7,9,14H,8,10-11H2,1H3,(H,24,27)(H,25,29)/t14-/m0/s1. The Morgan fingerprint density at radius 2 is 1.87 bits per heavy atom. The highest BCUT2D eigenvalue weighted by Crippen LogP contribution is 2.29. The van der Waals surface area contributed by atoms with Crippen LogP contribution in [-0.4, -0.2) is 36.8 Å². The molecule has 1 atom stereocenters. The van der Waals surface area contributed by atoms with Crippen LogP contribution < -0.4 is 15.8 Å². The average molecular weight is 509 g/mol. The van der Waals surface area contributed by atoms with Crippen molar-refractivity contribution in [3.8, 4) is 0 Å². The van der Waals surface area contributed by atoms with Gasteiger partial charge >= 0.3 is 5.97 Å². The summed E-state index contributed by atoms with van der Waals surface area (Å²) in [5.74, 6) is -2.81. The largest absolute Gasteiger partial charge is 0.455 e. The first-order valence-corrected chi connectivity index (χ1v) is 10.5. The molecule has 0 radical (unpaired) electrons. The van der Waals surface area contributed by atoms with Crippen molar-refractivity contribution in [3.63, 3.8) is 0 Å². The maximum atomic E-state index is 12.3. The fourth-order valence-corrected chi connectivity index (χ4v) is 3.39. The van der Waals surface area contributed by atoms with Gasteiger partial charge in [0.15, 0.2) is 6.61 Å². The van der Waals surface area contributed by atoms with E-state index in [1.165, 1.54) is 4.90 Å². The number of carbonyl (C=O) groups excluding carboxylic acids is 4. The van der Waals surface area contributed by atoms with Crippen LogP contribution in [0.3, 0.4) is 0 Å². The highest BCUT2D eigenvalue weighted by Gasteiger charge is 2.36. The van der Waals surface area contributed by atoms with Crippen molar-refractivity contribution in [2.75, 3.05) is 18.1 Å². The lowest BCUT2D eigenvalue weighted by Crippen LogP contribution is -2.43. The van der Waals surface area contributed by atoms with E-state index in [4.69, 9.17) is 16.3 Å². The molecule has 2 aromatic carbocycles. The Balaban J connectivity index is 1.46. The number of aryl methyl sites for hydroxylation is 1. The summed E-state index contributed by atoms with van der Waals surface area (Å²) in [7, 11) is 0. The normalized spacial score (nSPS) is 15.5. The van der Waals surface area contributed by atoms with Crippen molar-refractivity contribution in [2.24, 2.45) is 5.92 Å². The molecule has 0 aliphatic carbocycles. The molecule has 1 saturated heterocycles. The van der Waals surface area contributed by atoms with Crippen molar-refractivity contribution >= 4 is 56.9 Å². The van der Waals surface area contributed by atoms with Crippen molar-refractivity contribution < 1.29 is 23.9 Å². The second-order valence-corrected chi connectivity index (χ2v) is 8.28. The lowest BCUT2D eigenvalue weighted by Gasteiger charge is -2.17. The number of hydrogen-bond acceptors (Lipinski definition) is 5. The second-order valence-electron chi connectivity index (χ2n) is 6.96. The highest BCUT2D eigenvalue weighted by molar-refractivity contribution is 9.10. The quantitative estimate of drug-likeness (QED) is 0.477. The molecule has 31 heavy (non-hydrogen) atoms. The molecule has 0 bridgehead atoms. The molecule has 0 spiro atoms. The van der Waals surface area contributed by atoms with E-state index in [0.29, 0.717) is 16.3 Å². The molecular formula is C21H19BrClN3O5. The Kier molecular flexibility index (Phi) is 7.29. The summed E-state index contributed by atoms with van der Waals surface area (Å²) in [4.78, 5) is 49.9. The SMILES string of the molecule is Cc1ccc(N2C[C@@H](C(=O)OCC(=O)NNC(=O)c3ccc(Br)cc3)CC2=O)cc1Cl. The Morgan fingerprint density at radius 3 is 2.55 bits per heavy atom. The number of amides is 3. The summed E-state index contributed by atoms with van der Waals surface area (Å²) in [5, 5.41) is 0.526. The van der Waals surface area contributed by atoms with Gasteiger partial charge in [-0.05, 0) is 48.9 Å². The van der Waals surface area contributed by atoms with E-state index >= 15 is 0 Å². The fraction of sp³-hybridized carbons (Fsp3) is 0.238. The number of hydrogen-bond donors (Lipinski definition) is 2. The van der Waals surface area contributed by atoms with Crippen LogP contribution in [0.25, 0.3) is 0 Å². The van der Waals surface area contributed by atoms with Crippen molar-refractivity contribution in [3.05, 3.63) is 63.1 Å². The average Bonchev–Trinajstić information content (AvgIpc) is 3.14. The van der Waals surface area contributed by atoms with Crippen LogP contribution in [0.2, 0.25) is 5.02 Å². The predicted octanol–water partition coefficient (Wildman–Crippen LogP) is 2.77. The molecule has 2 N–H and O–H groups in total. The van der Waals surface area contributed by atoms with Crippen LogP contribution >= 0.6 is 27.5 Å². The molecule has 1 fully saturated rings. The number of halogens is 2. The Labute approximate surface area is 192 Å². The third-order valence-corrected chi connectivity index (χ3v) is 5.63. The van der Waals surface area contributed by atoms with Crippen molar-refractivity contribution in [1.82, 2.24) is 10.9 Å². The molecule has 3 rings (SSSR count). The number of ether oxygens (including phenoxy) is 1. The molecule has 1 heterocycles. The number of esters is 1. The summed E-state index contributed by atoms with van der Waals surface area (Å²) < 4.78 is 5.82. The molecule has 3 amide bonds. The first-order chi connectivity index (χ1) is 14.7. The van der Waals surface area contributed by atoms with E-state index < -0.39 is 30.3 Å². The van der Waals surface area contributed by atoms with Gasteiger partial charge in [0.25, 0.3) is 11.8 Å². The van der Waals surface area contributed by atoms with Gasteiger partial charge in [0.2, 0.25) is 5.91 Å². The van der Waals surface area contributed by atoms with E-state index in [0.717, 1.165) is 10.0 Å². The van der Waals surface area contributed by atoms with Gasteiger partial charge in [-0.25, -0.2) is 0 Å². The minimum Gasteiger partial charge on any atom is -0.455 e. The van der Waals surface area contributed by atoms with Gasteiger partial charge in [0, 0.05) is 33.7 Å². The zero-order valence-electron chi connectivity index (χ0n) is 16.5. The minimum atomic E-state index is -0.703. The monoisotopic (exact) mass is 507 g/mol. The minimum absolute atomic E-state index is 0.0216. The number of nitrogens with zero attached hydrogens (tertiary/aromatic N) is 1. The van der Waals surface area contributed by atoms with Crippen LogP contribution in [0.1, 0.15) is 22.3 Å². The van der Waals surface area contributed by atoms with Crippen LogP contribution in [0.5, 0.6) is 0 Å². The zero-order chi connectivity index (χ0) is 22.5. The molecule has 162 valence electrons. The van der Waals surface area contributed by atoms with Gasteiger partial charge in [0.1, 0.15) is 0 Å². The van der Waals surface area contributed by atoms with Gasteiger partial charge in [0.05, 0.1) is 5.92 Å².